The lowest BCUT2D eigenvalue weighted by atomic mass is 9.53. The highest BCUT2D eigenvalue weighted by Gasteiger charge is 2.54. The summed E-state index contributed by atoms with van der Waals surface area (Å²) in [4.78, 5) is 26.7. The molecule has 1 spiro atoms. The van der Waals surface area contributed by atoms with Crippen molar-refractivity contribution in [1.82, 2.24) is 15.0 Å². The second-order valence-corrected chi connectivity index (χ2v) is 9.02. The second-order valence-electron chi connectivity index (χ2n) is 9.02. The van der Waals surface area contributed by atoms with E-state index in [0.29, 0.717) is 54.8 Å². The fraction of sp³-hybridized carbons (Fsp3) is 0.545. The minimum Gasteiger partial charge on any atom is -0.474 e. The van der Waals surface area contributed by atoms with Crippen molar-refractivity contribution in [3.8, 4) is 5.88 Å². The maximum absolute atomic E-state index is 13.4. The second kappa shape index (κ2) is 7.94. The molecular weight excluding hydrogens is 399 g/mol. The minimum atomic E-state index is -0.709. The molecule has 1 amide bonds. The number of hydrogen-bond donors (Lipinski definition) is 2. The van der Waals surface area contributed by atoms with Gasteiger partial charge in [0.05, 0.1) is 0 Å². The van der Waals surface area contributed by atoms with Crippen LogP contribution in [-0.4, -0.2) is 52.3 Å². The number of primary amides is 1. The molecule has 31 heavy (non-hydrogen) atoms. The Bertz CT molecular complexity index is 951. The monoisotopic (exact) mass is 426 g/mol. The van der Waals surface area contributed by atoms with Crippen molar-refractivity contribution in [3.05, 3.63) is 36.2 Å². The Morgan fingerprint density at radius 3 is 2.68 bits per heavy atom. The fourth-order valence-corrected chi connectivity index (χ4v) is 5.08. The molecule has 3 aliphatic rings. The summed E-state index contributed by atoms with van der Waals surface area (Å²) in [6.45, 7) is 1.32. The molecule has 8 nitrogen and oxygen atoms in total. The van der Waals surface area contributed by atoms with Gasteiger partial charge >= 0.3 is 0 Å². The largest absolute Gasteiger partial charge is 0.474 e. The predicted octanol–water partition coefficient (Wildman–Crippen LogP) is 2.71. The highest BCUT2D eigenvalue weighted by Crippen LogP contribution is 2.57. The standard InChI is InChI=1S/C22H27FN6O2/c23-14-4-8-29(9-5-14)21-26-7-3-18(28-21)27-15-10-22(11-15)12-16(13-22)31-20-17(19(24)30)2-1-6-25-20/h1-3,6-7,14-16H,4-5,8-13H2,(H2,24,30)(H,26,27,28). The van der Waals surface area contributed by atoms with Crippen LogP contribution in [0.2, 0.25) is 0 Å². The maximum Gasteiger partial charge on any atom is 0.254 e. The van der Waals surface area contributed by atoms with E-state index in [0.717, 1.165) is 31.5 Å². The normalized spacial score (nSPS) is 28.0. The topological polar surface area (TPSA) is 106 Å². The van der Waals surface area contributed by atoms with Gasteiger partial charge in [-0.3, -0.25) is 4.79 Å². The fourth-order valence-electron chi connectivity index (χ4n) is 5.08. The van der Waals surface area contributed by atoms with Crippen LogP contribution in [0.5, 0.6) is 5.88 Å². The predicted molar refractivity (Wildman–Crippen MR) is 114 cm³/mol. The number of nitrogens with two attached hydrogens (primary N) is 1. The van der Waals surface area contributed by atoms with Gasteiger partial charge in [-0.25, -0.2) is 14.4 Å². The molecule has 1 aliphatic heterocycles. The Morgan fingerprint density at radius 2 is 1.94 bits per heavy atom. The number of piperidine rings is 1. The molecule has 3 N–H and O–H groups in total. The van der Waals surface area contributed by atoms with Gasteiger partial charge in [0.25, 0.3) is 5.91 Å². The van der Waals surface area contributed by atoms with Gasteiger partial charge in [0, 0.05) is 31.5 Å². The van der Waals surface area contributed by atoms with Gasteiger partial charge in [-0.1, -0.05) is 0 Å². The van der Waals surface area contributed by atoms with Crippen LogP contribution in [0.4, 0.5) is 16.2 Å². The van der Waals surface area contributed by atoms with Crippen molar-refractivity contribution in [3.63, 3.8) is 0 Å². The number of nitrogens with zero attached hydrogens (tertiary/aromatic N) is 4. The van der Waals surface area contributed by atoms with Crippen LogP contribution in [0.1, 0.15) is 48.9 Å². The molecule has 3 fully saturated rings. The van der Waals surface area contributed by atoms with Gasteiger partial charge < -0.3 is 20.7 Å². The summed E-state index contributed by atoms with van der Waals surface area (Å²) < 4.78 is 19.3. The van der Waals surface area contributed by atoms with Crippen molar-refractivity contribution in [2.24, 2.45) is 11.1 Å². The third-order valence-corrected chi connectivity index (χ3v) is 6.70. The molecule has 2 aliphatic carbocycles. The van der Waals surface area contributed by atoms with E-state index in [4.69, 9.17) is 10.5 Å². The van der Waals surface area contributed by atoms with E-state index >= 15 is 0 Å². The lowest BCUT2D eigenvalue weighted by Crippen LogP contribution is -2.56. The number of halogens is 1. The number of aromatic nitrogens is 3. The van der Waals surface area contributed by atoms with E-state index in [2.05, 4.69) is 25.2 Å². The van der Waals surface area contributed by atoms with Crippen LogP contribution in [0, 0.1) is 5.41 Å². The van der Waals surface area contributed by atoms with E-state index in [1.807, 2.05) is 6.07 Å². The third-order valence-electron chi connectivity index (χ3n) is 6.70. The van der Waals surface area contributed by atoms with Gasteiger partial charge in [0.15, 0.2) is 0 Å². The Kier molecular flexibility index (Phi) is 5.11. The molecule has 0 radical (unpaired) electrons. The molecular formula is C22H27FN6O2. The average molecular weight is 426 g/mol. The molecule has 0 aromatic carbocycles. The van der Waals surface area contributed by atoms with Gasteiger partial charge in [0.1, 0.15) is 23.7 Å². The van der Waals surface area contributed by atoms with Crippen LogP contribution >= 0.6 is 0 Å². The first-order valence-electron chi connectivity index (χ1n) is 10.9. The first-order chi connectivity index (χ1) is 15.0. The van der Waals surface area contributed by atoms with Crippen molar-refractivity contribution >= 4 is 17.7 Å². The molecule has 0 bridgehead atoms. The SMILES string of the molecule is NC(=O)c1cccnc1OC1CC2(CC(Nc3ccnc(N4CCC(F)CC4)n3)C2)C1. The lowest BCUT2D eigenvalue weighted by Gasteiger charge is -2.57. The zero-order valence-corrected chi connectivity index (χ0v) is 17.3. The van der Waals surface area contributed by atoms with Crippen molar-refractivity contribution in [1.29, 1.82) is 0 Å². The molecule has 2 saturated carbocycles. The Hall–Kier alpha value is -2.97. The van der Waals surface area contributed by atoms with Gasteiger partial charge in [0.2, 0.25) is 11.8 Å². The van der Waals surface area contributed by atoms with Crippen LogP contribution < -0.4 is 20.7 Å². The van der Waals surface area contributed by atoms with Crippen LogP contribution in [0.3, 0.4) is 0 Å². The molecule has 1 saturated heterocycles. The van der Waals surface area contributed by atoms with Crippen LogP contribution in [0.15, 0.2) is 30.6 Å². The quantitative estimate of drug-likeness (QED) is 0.731. The number of carbonyl (C=O) groups excluding carboxylic acids is 1. The number of anilines is 2. The summed E-state index contributed by atoms with van der Waals surface area (Å²) in [5, 5.41) is 3.51. The van der Waals surface area contributed by atoms with Crippen LogP contribution in [0.25, 0.3) is 0 Å². The number of amides is 1. The lowest BCUT2D eigenvalue weighted by molar-refractivity contribution is -0.0759. The minimum absolute atomic E-state index is 0.0676. The highest BCUT2D eigenvalue weighted by atomic mass is 19.1. The summed E-state index contributed by atoms with van der Waals surface area (Å²) in [6, 6.07) is 5.57. The van der Waals surface area contributed by atoms with Crippen molar-refractivity contribution in [2.75, 3.05) is 23.3 Å². The first-order valence-corrected chi connectivity index (χ1v) is 10.9. The Labute approximate surface area is 180 Å². The number of alkyl halides is 1. The summed E-state index contributed by atoms with van der Waals surface area (Å²) in [5.41, 5.74) is 6.02. The first kappa shape index (κ1) is 20.0. The molecule has 0 atom stereocenters. The number of nitrogens with one attached hydrogen (secondary N) is 1. The van der Waals surface area contributed by atoms with E-state index in [1.165, 1.54) is 0 Å². The molecule has 9 heteroatoms. The molecule has 0 unspecified atom stereocenters. The van der Waals surface area contributed by atoms with E-state index in [-0.39, 0.29) is 6.10 Å². The summed E-state index contributed by atoms with van der Waals surface area (Å²) in [5.74, 6) is 1.29. The van der Waals surface area contributed by atoms with E-state index in [9.17, 15) is 9.18 Å². The van der Waals surface area contributed by atoms with Gasteiger partial charge in [-0.2, -0.15) is 4.98 Å². The third kappa shape index (κ3) is 4.13. The number of rotatable bonds is 6. The van der Waals surface area contributed by atoms with Crippen molar-refractivity contribution < 1.29 is 13.9 Å². The zero-order chi connectivity index (χ0) is 21.4. The van der Waals surface area contributed by atoms with Gasteiger partial charge in [-0.15, -0.1) is 0 Å². The Morgan fingerprint density at radius 1 is 1.16 bits per heavy atom. The van der Waals surface area contributed by atoms with Crippen molar-refractivity contribution in [2.45, 2.75) is 56.8 Å². The number of pyridine rings is 1. The summed E-state index contributed by atoms with van der Waals surface area (Å²) in [6.07, 6.45) is 7.82. The molecule has 3 heterocycles. The van der Waals surface area contributed by atoms with E-state index in [1.54, 1.807) is 24.5 Å². The zero-order valence-electron chi connectivity index (χ0n) is 17.3. The smallest absolute Gasteiger partial charge is 0.254 e. The summed E-state index contributed by atoms with van der Waals surface area (Å²) in [7, 11) is 0. The number of carbonyl (C=O) groups is 1. The maximum atomic E-state index is 13.4. The summed E-state index contributed by atoms with van der Waals surface area (Å²) >= 11 is 0. The number of ether oxygens (including phenoxy) is 1. The average Bonchev–Trinajstić information content (AvgIpc) is 2.71. The molecule has 5 rings (SSSR count). The molecule has 164 valence electrons. The molecule has 2 aromatic heterocycles. The highest BCUT2D eigenvalue weighted by molar-refractivity contribution is 5.94. The Balaban J connectivity index is 1.11. The molecule has 2 aromatic rings. The van der Waals surface area contributed by atoms with E-state index < -0.39 is 12.1 Å². The number of hydrogen-bond acceptors (Lipinski definition) is 7. The van der Waals surface area contributed by atoms with Gasteiger partial charge in [-0.05, 0) is 62.1 Å². The van der Waals surface area contributed by atoms with Crippen LogP contribution in [-0.2, 0) is 0 Å².